The number of nitrogens with zero attached hydrogens (tertiary/aromatic N) is 4. The molecule has 0 unspecified atom stereocenters. The third-order valence-electron chi connectivity index (χ3n) is 2.75. The number of aromatic nitrogens is 2. The minimum absolute atomic E-state index is 0.0000313. The van der Waals surface area contributed by atoms with Crippen LogP contribution in [0.3, 0.4) is 0 Å². The number of anilines is 1. The van der Waals surface area contributed by atoms with Gasteiger partial charge in [0.05, 0.1) is 23.9 Å². The maximum atomic E-state index is 5.72. The highest BCUT2D eigenvalue weighted by molar-refractivity contribution is 9.10. The van der Waals surface area contributed by atoms with E-state index in [4.69, 9.17) is 20.9 Å². The van der Waals surface area contributed by atoms with Crippen molar-refractivity contribution in [3.05, 3.63) is 27.9 Å². The van der Waals surface area contributed by atoms with Gasteiger partial charge in [0.2, 0.25) is 0 Å². The van der Waals surface area contributed by atoms with Crippen LogP contribution in [0.25, 0.3) is 0 Å². The van der Waals surface area contributed by atoms with Crippen molar-refractivity contribution in [2.45, 2.75) is 13.8 Å². The quantitative estimate of drug-likeness (QED) is 0.414. The van der Waals surface area contributed by atoms with Crippen LogP contribution in [0.5, 0.6) is 11.5 Å². The average molecular weight is 397 g/mol. The van der Waals surface area contributed by atoms with Crippen molar-refractivity contribution in [1.82, 2.24) is 10.3 Å². The van der Waals surface area contributed by atoms with Gasteiger partial charge >= 0.3 is 0 Å². The minimum Gasteiger partial charge on any atom is -0.490 e. The van der Waals surface area contributed by atoms with Gasteiger partial charge in [-0.1, -0.05) is 0 Å². The van der Waals surface area contributed by atoms with Gasteiger partial charge in [-0.15, -0.1) is 5.10 Å². The van der Waals surface area contributed by atoms with Gasteiger partial charge in [-0.05, 0) is 57.8 Å². The first-order valence-electron chi connectivity index (χ1n) is 7.10. The highest BCUT2D eigenvalue weighted by Crippen LogP contribution is 2.36. The van der Waals surface area contributed by atoms with E-state index in [1.807, 2.05) is 19.9 Å². The van der Waals surface area contributed by atoms with Crippen LogP contribution in [0, 0.1) is 0 Å². The highest BCUT2D eigenvalue weighted by atomic mass is 79.9. The first-order chi connectivity index (χ1) is 11.6. The monoisotopic (exact) mass is 396 g/mol. The maximum absolute atomic E-state index is 5.72. The summed E-state index contributed by atoms with van der Waals surface area (Å²) in [5.41, 5.74) is 12.1. The van der Waals surface area contributed by atoms with Crippen molar-refractivity contribution < 1.29 is 14.1 Å². The largest absolute Gasteiger partial charge is 0.490 e. The predicted octanol–water partition coefficient (Wildman–Crippen LogP) is 1.95. The number of rotatable bonds is 7. The van der Waals surface area contributed by atoms with Crippen LogP contribution in [-0.2, 0) is 0 Å². The Kier molecular flexibility index (Phi) is 6.13. The molecule has 1 aromatic carbocycles. The number of ether oxygens (including phenoxy) is 2. The van der Waals surface area contributed by atoms with E-state index in [-0.39, 0.29) is 17.3 Å². The third-order valence-corrected chi connectivity index (χ3v) is 3.34. The van der Waals surface area contributed by atoms with Gasteiger partial charge in [0.1, 0.15) is 0 Å². The number of nitrogen functional groups attached to an aromatic ring is 1. The van der Waals surface area contributed by atoms with E-state index in [1.54, 1.807) is 6.07 Å². The summed E-state index contributed by atoms with van der Waals surface area (Å²) in [6.07, 6.45) is 1.51. The van der Waals surface area contributed by atoms with E-state index in [2.05, 4.69) is 41.1 Å². The summed E-state index contributed by atoms with van der Waals surface area (Å²) < 4.78 is 16.4. The zero-order valence-electron chi connectivity index (χ0n) is 13.2. The second-order valence-electron chi connectivity index (χ2n) is 4.42. The van der Waals surface area contributed by atoms with Crippen molar-refractivity contribution >= 4 is 33.8 Å². The van der Waals surface area contributed by atoms with Gasteiger partial charge in [0.25, 0.3) is 0 Å². The van der Waals surface area contributed by atoms with Gasteiger partial charge in [0.15, 0.2) is 28.8 Å². The number of hydrogen-bond acceptors (Lipinski definition) is 8. The van der Waals surface area contributed by atoms with Crippen LogP contribution in [-0.4, -0.2) is 35.6 Å². The lowest BCUT2D eigenvalue weighted by atomic mass is 10.2. The Labute approximate surface area is 146 Å². The van der Waals surface area contributed by atoms with E-state index in [0.717, 1.165) is 10.0 Å². The summed E-state index contributed by atoms with van der Waals surface area (Å²) in [5.74, 6) is 1.30. The van der Waals surface area contributed by atoms with Crippen LogP contribution >= 0.6 is 15.9 Å². The van der Waals surface area contributed by atoms with Gasteiger partial charge in [-0.25, -0.2) is 4.63 Å². The fourth-order valence-electron chi connectivity index (χ4n) is 1.79. The molecule has 0 bridgehead atoms. The smallest absolute Gasteiger partial charge is 0.199 e. The molecule has 10 heteroatoms. The van der Waals surface area contributed by atoms with Gasteiger partial charge in [-0.2, -0.15) is 5.10 Å². The van der Waals surface area contributed by atoms with Crippen molar-refractivity contribution in [3.63, 3.8) is 0 Å². The Balaban J connectivity index is 2.24. The molecular weight excluding hydrogens is 380 g/mol. The van der Waals surface area contributed by atoms with Crippen molar-refractivity contribution in [2.75, 3.05) is 18.9 Å². The Morgan fingerprint density at radius 1 is 1.29 bits per heavy atom. The molecule has 0 aliphatic heterocycles. The molecule has 0 aliphatic carbocycles. The lowest BCUT2D eigenvalue weighted by Gasteiger charge is -2.13. The fraction of sp³-hybridized carbons (Fsp3) is 0.286. The van der Waals surface area contributed by atoms with Gasteiger partial charge in [0, 0.05) is 0 Å². The maximum Gasteiger partial charge on any atom is 0.199 e. The number of amidine groups is 1. The van der Waals surface area contributed by atoms with Crippen molar-refractivity contribution in [2.24, 2.45) is 15.9 Å². The summed E-state index contributed by atoms with van der Waals surface area (Å²) in [5, 5.41) is 14.7. The molecule has 0 fully saturated rings. The summed E-state index contributed by atoms with van der Waals surface area (Å²) in [7, 11) is 0. The zero-order valence-corrected chi connectivity index (χ0v) is 14.8. The summed E-state index contributed by atoms with van der Waals surface area (Å²) in [6, 6.07) is 3.62. The standard InChI is InChI=1S/C14H17BrN6O3/c1-3-22-10-6-8(5-9(15)12(10)23-4-2)7-18-19-13(16)11-14(17)21-24-20-11/h5-7H,3-4H2,1-2H3,(H2,16,19)(H2,17,21). The Morgan fingerprint density at radius 3 is 2.67 bits per heavy atom. The van der Waals surface area contributed by atoms with E-state index in [1.165, 1.54) is 6.21 Å². The number of hydrogen-bond donors (Lipinski definition) is 2. The lowest BCUT2D eigenvalue weighted by Crippen LogP contribution is -2.15. The first-order valence-corrected chi connectivity index (χ1v) is 7.90. The molecule has 1 aromatic heterocycles. The molecule has 0 spiro atoms. The lowest BCUT2D eigenvalue weighted by molar-refractivity contribution is 0.286. The molecule has 0 saturated carbocycles. The average Bonchev–Trinajstić information content (AvgIpc) is 2.97. The number of benzene rings is 1. The SMILES string of the molecule is CCOc1cc(C=N/N=C(\N)c2nonc2N)cc(Br)c1OCC. The Morgan fingerprint density at radius 2 is 2.04 bits per heavy atom. The first kappa shape index (κ1) is 17.7. The molecule has 9 nitrogen and oxygen atoms in total. The number of nitrogens with two attached hydrogens (primary N) is 2. The highest BCUT2D eigenvalue weighted by Gasteiger charge is 2.12. The summed E-state index contributed by atoms with van der Waals surface area (Å²) in [6.45, 7) is 4.84. The van der Waals surface area contributed by atoms with Crippen molar-refractivity contribution in [3.8, 4) is 11.5 Å². The van der Waals surface area contributed by atoms with Crippen LogP contribution < -0.4 is 20.9 Å². The van der Waals surface area contributed by atoms with E-state index >= 15 is 0 Å². The molecule has 0 atom stereocenters. The van der Waals surface area contributed by atoms with Crippen LogP contribution in [0.15, 0.2) is 31.4 Å². The van der Waals surface area contributed by atoms with Gasteiger partial charge in [-0.3, -0.25) is 0 Å². The molecule has 2 rings (SSSR count). The van der Waals surface area contributed by atoms with Crippen LogP contribution in [0.2, 0.25) is 0 Å². The molecule has 0 aliphatic rings. The molecule has 1 heterocycles. The molecule has 24 heavy (non-hydrogen) atoms. The van der Waals surface area contributed by atoms with Crippen molar-refractivity contribution in [1.29, 1.82) is 0 Å². The van der Waals surface area contributed by atoms with E-state index in [9.17, 15) is 0 Å². The molecule has 128 valence electrons. The Bertz CT molecular complexity index is 759. The minimum atomic E-state index is 0.0000313. The predicted molar refractivity (Wildman–Crippen MR) is 93.5 cm³/mol. The molecule has 0 amide bonds. The summed E-state index contributed by atoms with van der Waals surface area (Å²) >= 11 is 3.46. The molecular formula is C14H17BrN6O3. The second kappa shape index (κ2) is 8.29. The Hall–Kier alpha value is -2.62. The van der Waals surface area contributed by atoms with Gasteiger partial charge < -0.3 is 20.9 Å². The van der Waals surface area contributed by atoms with E-state index < -0.39 is 0 Å². The van der Waals surface area contributed by atoms with E-state index in [0.29, 0.717) is 24.7 Å². The topological polar surface area (TPSA) is 134 Å². The zero-order chi connectivity index (χ0) is 17.5. The van der Waals surface area contributed by atoms with Crippen LogP contribution in [0.1, 0.15) is 25.1 Å². The fourth-order valence-corrected chi connectivity index (χ4v) is 2.36. The third kappa shape index (κ3) is 4.22. The number of halogens is 1. The molecule has 2 aromatic rings. The molecule has 4 N–H and O–H groups in total. The normalized spacial score (nSPS) is 11.9. The molecule has 0 saturated heterocycles. The summed E-state index contributed by atoms with van der Waals surface area (Å²) in [4.78, 5) is 0. The second-order valence-corrected chi connectivity index (χ2v) is 5.28. The molecule has 0 radical (unpaired) electrons. The van der Waals surface area contributed by atoms with Crippen LogP contribution in [0.4, 0.5) is 5.82 Å².